The summed E-state index contributed by atoms with van der Waals surface area (Å²) in [6, 6.07) is 9.82. The first-order valence-corrected chi connectivity index (χ1v) is 8.08. The maximum atomic E-state index is 14.1. The molecule has 0 fully saturated rings. The lowest BCUT2D eigenvalue weighted by Crippen LogP contribution is -2.07. The third-order valence-corrected chi connectivity index (χ3v) is 3.42. The number of methoxy groups -OCH3 is 1. The number of aromatic nitrogens is 3. The number of halogens is 1. The van der Waals surface area contributed by atoms with Crippen LogP contribution in [0.5, 0.6) is 17.5 Å². The normalized spacial score (nSPS) is 10.1. The van der Waals surface area contributed by atoms with Gasteiger partial charge in [-0.15, -0.1) is 0 Å². The summed E-state index contributed by atoms with van der Waals surface area (Å²) >= 11 is 0. The molecule has 0 aliphatic heterocycles. The molecule has 0 aliphatic carbocycles. The number of carbonyl (C=O) groups is 1. The van der Waals surface area contributed by atoms with Gasteiger partial charge in [0.1, 0.15) is 5.75 Å². The van der Waals surface area contributed by atoms with E-state index in [0.29, 0.717) is 17.3 Å². The smallest absolute Gasteiger partial charge is 0.260 e. The van der Waals surface area contributed by atoms with Crippen molar-refractivity contribution in [2.45, 2.75) is 0 Å². The predicted octanol–water partition coefficient (Wildman–Crippen LogP) is 3.68. The highest BCUT2D eigenvalue weighted by atomic mass is 19.1. The number of hydrogen-bond acceptors (Lipinski definition) is 7. The number of ether oxygens (including phenoxy) is 2. The lowest BCUT2D eigenvalue weighted by molar-refractivity contribution is -0.111. The van der Waals surface area contributed by atoms with Gasteiger partial charge in [0.05, 0.1) is 25.2 Å². The number of amides is 1. The van der Waals surface area contributed by atoms with Gasteiger partial charge in [-0.25, -0.2) is 9.97 Å². The fourth-order valence-electron chi connectivity index (χ4n) is 2.13. The fourth-order valence-corrected chi connectivity index (χ4v) is 2.13. The maximum absolute atomic E-state index is 14.1. The van der Waals surface area contributed by atoms with Crippen molar-refractivity contribution in [2.75, 3.05) is 17.7 Å². The van der Waals surface area contributed by atoms with Gasteiger partial charge in [-0.1, -0.05) is 12.6 Å². The molecule has 3 rings (SSSR count). The lowest BCUT2D eigenvalue weighted by Gasteiger charge is -2.10. The SMILES string of the molecule is C=CC(=O)Nc1cccc(Oc2nc(Nc3ccc(OC)nc3)ncc2F)c1. The quantitative estimate of drug-likeness (QED) is 0.603. The van der Waals surface area contributed by atoms with Crippen LogP contribution in [0.4, 0.5) is 21.7 Å². The summed E-state index contributed by atoms with van der Waals surface area (Å²) in [6.07, 6.45) is 3.66. The van der Waals surface area contributed by atoms with Gasteiger partial charge in [-0.2, -0.15) is 9.37 Å². The van der Waals surface area contributed by atoms with Gasteiger partial charge in [0.25, 0.3) is 5.88 Å². The summed E-state index contributed by atoms with van der Waals surface area (Å²) in [4.78, 5) is 23.4. The van der Waals surface area contributed by atoms with Crippen LogP contribution in [-0.2, 0) is 4.79 Å². The van der Waals surface area contributed by atoms with Crippen molar-refractivity contribution in [1.82, 2.24) is 15.0 Å². The standard InChI is InChI=1S/C19H16FN5O3/c1-3-16(26)23-12-5-4-6-14(9-12)28-18-15(20)11-22-19(25-18)24-13-7-8-17(27-2)21-10-13/h3-11H,1H2,2H3,(H,23,26)(H,22,24,25). The second-order valence-electron chi connectivity index (χ2n) is 5.38. The number of carbonyl (C=O) groups excluding carboxylic acids is 1. The average molecular weight is 381 g/mol. The average Bonchev–Trinajstić information content (AvgIpc) is 2.71. The molecule has 9 heteroatoms. The van der Waals surface area contributed by atoms with Crippen LogP contribution in [0.3, 0.4) is 0 Å². The number of rotatable bonds is 7. The topological polar surface area (TPSA) is 98.3 Å². The summed E-state index contributed by atoms with van der Waals surface area (Å²) in [7, 11) is 1.51. The Morgan fingerprint density at radius 2 is 2.04 bits per heavy atom. The molecule has 0 spiro atoms. The Morgan fingerprint density at radius 1 is 1.18 bits per heavy atom. The van der Waals surface area contributed by atoms with Crippen molar-refractivity contribution in [2.24, 2.45) is 0 Å². The Hall–Kier alpha value is -4.01. The third-order valence-electron chi connectivity index (χ3n) is 3.42. The van der Waals surface area contributed by atoms with Crippen LogP contribution in [-0.4, -0.2) is 28.0 Å². The van der Waals surface area contributed by atoms with Crippen LogP contribution >= 0.6 is 0 Å². The molecule has 8 nitrogen and oxygen atoms in total. The van der Waals surface area contributed by atoms with E-state index in [0.717, 1.165) is 12.3 Å². The second kappa shape index (κ2) is 8.58. The molecule has 0 saturated carbocycles. The predicted molar refractivity (Wildman–Crippen MR) is 101 cm³/mol. The van der Waals surface area contributed by atoms with Gasteiger partial charge < -0.3 is 20.1 Å². The molecular formula is C19H16FN5O3. The zero-order chi connectivity index (χ0) is 19.9. The molecule has 28 heavy (non-hydrogen) atoms. The van der Waals surface area contributed by atoms with Crippen molar-refractivity contribution in [1.29, 1.82) is 0 Å². The summed E-state index contributed by atoms with van der Waals surface area (Å²) in [5.41, 5.74) is 1.06. The second-order valence-corrected chi connectivity index (χ2v) is 5.38. The van der Waals surface area contributed by atoms with Gasteiger partial charge >= 0.3 is 0 Å². The van der Waals surface area contributed by atoms with Crippen LogP contribution < -0.4 is 20.1 Å². The molecule has 0 atom stereocenters. The number of benzene rings is 1. The Labute approximate surface area is 160 Å². The van der Waals surface area contributed by atoms with Gasteiger partial charge in [0.15, 0.2) is 0 Å². The Balaban J connectivity index is 1.77. The number of nitrogens with zero attached hydrogens (tertiary/aromatic N) is 3. The van der Waals surface area contributed by atoms with Gasteiger partial charge in [0, 0.05) is 17.8 Å². The van der Waals surface area contributed by atoms with Crippen LogP contribution in [0, 0.1) is 5.82 Å². The molecule has 1 aromatic carbocycles. The number of hydrogen-bond donors (Lipinski definition) is 2. The van der Waals surface area contributed by atoms with E-state index in [1.807, 2.05) is 0 Å². The molecule has 2 heterocycles. The molecule has 0 radical (unpaired) electrons. The summed E-state index contributed by atoms with van der Waals surface area (Å²) in [6.45, 7) is 3.38. The van der Waals surface area contributed by atoms with E-state index in [-0.39, 0.29) is 23.5 Å². The Kier molecular flexibility index (Phi) is 5.75. The van der Waals surface area contributed by atoms with Crippen LogP contribution in [0.2, 0.25) is 0 Å². The highest BCUT2D eigenvalue weighted by Gasteiger charge is 2.11. The van der Waals surface area contributed by atoms with E-state index in [2.05, 4.69) is 32.2 Å². The van der Waals surface area contributed by atoms with Gasteiger partial charge in [-0.05, 0) is 24.3 Å². The lowest BCUT2D eigenvalue weighted by atomic mass is 10.3. The molecule has 142 valence electrons. The number of pyridine rings is 1. The monoisotopic (exact) mass is 381 g/mol. The summed E-state index contributed by atoms with van der Waals surface area (Å²) in [5, 5.41) is 5.49. The van der Waals surface area contributed by atoms with Crippen LogP contribution in [0.15, 0.2) is 61.4 Å². The van der Waals surface area contributed by atoms with Crippen molar-refractivity contribution < 1.29 is 18.7 Å². The molecule has 0 bridgehead atoms. The van der Waals surface area contributed by atoms with E-state index in [1.165, 1.54) is 19.4 Å². The van der Waals surface area contributed by atoms with E-state index in [9.17, 15) is 9.18 Å². The number of nitrogens with one attached hydrogen (secondary N) is 2. The maximum Gasteiger partial charge on any atom is 0.260 e. The third kappa shape index (κ3) is 4.79. The minimum atomic E-state index is -0.737. The van der Waals surface area contributed by atoms with E-state index in [4.69, 9.17) is 9.47 Å². The summed E-state index contributed by atoms with van der Waals surface area (Å²) < 4.78 is 24.6. The molecular weight excluding hydrogens is 365 g/mol. The highest BCUT2D eigenvalue weighted by Crippen LogP contribution is 2.26. The molecule has 0 aliphatic rings. The fraction of sp³-hybridized carbons (Fsp3) is 0.0526. The van der Waals surface area contributed by atoms with Crippen LogP contribution in [0.25, 0.3) is 0 Å². The zero-order valence-electron chi connectivity index (χ0n) is 14.8. The molecule has 2 N–H and O–H groups in total. The molecule has 1 amide bonds. The Morgan fingerprint density at radius 3 is 2.75 bits per heavy atom. The minimum Gasteiger partial charge on any atom is -0.481 e. The summed E-state index contributed by atoms with van der Waals surface area (Å²) in [5.74, 6) is -0.510. The largest absolute Gasteiger partial charge is 0.481 e. The zero-order valence-corrected chi connectivity index (χ0v) is 14.8. The van der Waals surface area contributed by atoms with Crippen molar-refractivity contribution >= 4 is 23.2 Å². The molecule has 2 aromatic heterocycles. The number of anilines is 3. The molecule has 0 unspecified atom stereocenters. The first-order valence-electron chi connectivity index (χ1n) is 8.08. The van der Waals surface area contributed by atoms with E-state index < -0.39 is 5.82 Å². The Bertz CT molecular complexity index is 995. The van der Waals surface area contributed by atoms with Gasteiger partial charge in [0.2, 0.25) is 23.6 Å². The van der Waals surface area contributed by atoms with Crippen molar-refractivity contribution in [3.05, 3.63) is 67.3 Å². The van der Waals surface area contributed by atoms with E-state index in [1.54, 1.807) is 30.3 Å². The highest BCUT2D eigenvalue weighted by molar-refractivity contribution is 5.98. The van der Waals surface area contributed by atoms with Gasteiger partial charge in [-0.3, -0.25) is 4.79 Å². The molecule has 0 saturated heterocycles. The van der Waals surface area contributed by atoms with Crippen molar-refractivity contribution in [3.63, 3.8) is 0 Å². The first-order chi connectivity index (χ1) is 13.6. The van der Waals surface area contributed by atoms with E-state index >= 15 is 0 Å². The van der Waals surface area contributed by atoms with Crippen molar-refractivity contribution in [3.8, 4) is 17.5 Å². The minimum absolute atomic E-state index is 0.125. The molecule has 3 aromatic rings. The first kappa shape index (κ1) is 18.8. The van der Waals surface area contributed by atoms with Crippen LogP contribution in [0.1, 0.15) is 0 Å².